The molecule has 108 valence electrons. The molecule has 0 amide bonds. The number of H-pyrrole nitrogens is 1. The molecule has 1 N–H and O–H groups in total. The lowest BCUT2D eigenvalue weighted by Gasteiger charge is -2.23. The second-order valence-corrected chi connectivity index (χ2v) is 6.43. The van der Waals surface area contributed by atoms with Gasteiger partial charge in [0.25, 0.3) is 0 Å². The molecule has 1 heterocycles. The standard InChI is InChI=1S/C15H21N3OS/c1-10-6-7-12(11(8-10)15(2,3)4)19-9-13-16-17-14(20)18(13)5/h6-8H,9H2,1-5H3,(H,17,20). The normalized spacial score (nSPS) is 11.7. The molecule has 0 saturated carbocycles. The van der Waals surface area contributed by atoms with E-state index < -0.39 is 0 Å². The van der Waals surface area contributed by atoms with Crippen molar-refractivity contribution in [3.05, 3.63) is 39.9 Å². The summed E-state index contributed by atoms with van der Waals surface area (Å²) in [6.07, 6.45) is 0. The summed E-state index contributed by atoms with van der Waals surface area (Å²) in [6, 6.07) is 6.27. The molecule has 1 aromatic heterocycles. The molecule has 0 radical (unpaired) electrons. The first-order valence-corrected chi connectivity index (χ1v) is 7.04. The zero-order valence-electron chi connectivity index (χ0n) is 12.7. The molecule has 0 fully saturated rings. The second kappa shape index (κ2) is 5.40. The number of hydrogen-bond acceptors (Lipinski definition) is 3. The number of rotatable bonds is 3. The average Bonchev–Trinajstić information content (AvgIpc) is 2.67. The second-order valence-electron chi connectivity index (χ2n) is 6.04. The smallest absolute Gasteiger partial charge is 0.194 e. The van der Waals surface area contributed by atoms with E-state index in [-0.39, 0.29) is 5.41 Å². The highest BCUT2D eigenvalue weighted by Gasteiger charge is 2.19. The van der Waals surface area contributed by atoms with Gasteiger partial charge in [0.05, 0.1) is 0 Å². The van der Waals surface area contributed by atoms with E-state index in [1.54, 1.807) is 0 Å². The van der Waals surface area contributed by atoms with Gasteiger partial charge in [-0.3, -0.25) is 5.10 Å². The van der Waals surface area contributed by atoms with Gasteiger partial charge in [0.15, 0.2) is 10.6 Å². The van der Waals surface area contributed by atoms with Crippen molar-refractivity contribution in [3.63, 3.8) is 0 Å². The quantitative estimate of drug-likeness (QED) is 0.878. The van der Waals surface area contributed by atoms with Crippen molar-refractivity contribution in [1.29, 1.82) is 0 Å². The highest BCUT2D eigenvalue weighted by Crippen LogP contribution is 2.32. The SMILES string of the molecule is Cc1ccc(OCc2n[nH]c(=S)n2C)c(C(C)(C)C)c1. The van der Waals surface area contributed by atoms with Gasteiger partial charge in [-0.2, -0.15) is 5.10 Å². The van der Waals surface area contributed by atoms with Crippen LogP contribution < -0.4 is 4.74 Å². The van der Waals surface area contributed by atoms with Crippen LogP contribution in [0.5, 0.6) is 5.75 Å². The third-order valence-electron chi connectivity index (χ3n) is 3.27. The number of ether oxygens (including phenoxy) is 1. The number of nitrogens with one attached hydrogen (secondary N) is 1. The zero-order chi connectivity index (χ0) is 14.9. The van der Waals surface area contributed by atoms with Crippen LogP contribution in [0.3, 0.4) is 0 Å². The van der Waals surface area contributed by atoms with Crippen LogP contribution in [0.4, 0.5) is 0 Å². The summed E-state index contributed by atoms with van der Waals surface area (Å²) in [5, 5.41) is 6.92. The molecule has 4 nitrogen and oxygen atoms in total. The van der Waals surface area contributed by atoms with E-state index in [0.29, 0.717) is 11.4 Å². The van der Waals surface area contributed by atoms with Crippen molar-refractivity contribution >= 4 is 12.2 Å². The molecule has 0 aliphatic rings. The summed E-state index contributed by atoms with van der Waals surface area (Å²) in [6.45, 7) is 9.05. The Labute approximate surface area is 124 Å². The van der Waals surface area contributed by atoms with Gasteiger partial charge in [-0.1, -0.05) is 38.5 Å². The fraction of sp³-hybridized carbons (Fsp3) is 0.467. The van der Waals surface area contributed by atoms with Crippen LogP contribution in [0.15, 0.2) is 18.2 Å². The Kier molecular flexibility index (Phi) is 3.99. The number of hydrogen-bond donors (Lipinski definition) is 1. The molecular weight excluding hydrogens is 270 g/mol. The molecule has 2 aromatic rings. The van der Waals surface area contributed by atoms with Gasteiger partial charge in [0.1, 0.15) is 12.4 Å². The van der Waals surface area contributed by atoms with Gasteiger partial charge >= 0.3 is 0 Å². The molecule has 20 heavy (non-hydrogen) atoms. The molecule has 0 unspecified atom stereocenters. The molecule has 0 saturated heterocycles. The van der Waals surface area contributed by atoms with Crippen LogP contribution in [0, 0.1) is 11.7 Å². The Balaban J connectivity index is 2.26. The molecular formula is C15H21N3OS. The average molecular weight is 291 g/mol. The Bertz CT molecular complexity index is 664. The fourth-order valence-corrected chi connectivity index (χ4v) is 2.16. The van der Waals surface area contributed by atoms with E-state index in [2.05, 4.69) is 50.0 Å². The molecule has 0 atom stereocenters. The van der Waals surface area contributed by atoms with E-state index in [4.69, 9.17) is 17.0 Å². The van der Waals surface area contributed by atoms with Crippen molar-refractivity contribution in [1.82, 2.24) is 14.8 Å². The van der Waals surface area contributed by atoms with Crippen LogP contribution in [0.2, 0.25) is 0 Å². The summed E-state index contributed by atoms with van der Waals surface area (Å²) in [5.41, 5.74) is 2.48. The van der Waals surface area contributed by atoms with Gasteiger partial charge in [-0.25, -0.2) is 0 Å². The van der Waals surface area contributed by atoms with Gasteiger partial charge in [0, 0.05) is 7.05 Å². The Morgan fingerprint density at radius 1 is 1.35 bits per heavy atom. The lowest BCUT2D eigenvalue weighted by atomic mass is 9.85. The number of nitrogens with zero attached hydrogens (tertiary/aromatic N) is 2. The van der Waals surface area contributed by atoms with E-state index in [9.17, 15) is 0 Å². The summed E-state index contributed by atoms with van der Waals surface area (Å²) in [5.74, 6) is 1.69. The van der Waals surface area contributed by atoms with Crippen LogP contribution in [-0.4, -0.2) is 14.8 Å². The van der Waals surface area contributed by atoms with Gasteiger partial charge in [0.2, 0.25) is 0 Å². The molecule has 0 spiro atoms. The first kappa shape index (κ1) is 14.8. The van der Waals surface area contributed by atoms with Crippen LogP contribution in [0.1, 0.15) is 37.7 Å². The number of aromatic amines is 1. The van der Waals surface area contributed by atoms with E-state index >= 15 is 0 Å². The van der Waals surface area contributed by atoms with Crippen molar-refractivity contribution < 1.29 is 4.74 Å². The highest BCUT2D eigenvalue weighted by atomic mass is 32.1. The van der Waals surface area contributed by atoms with Gasteiger partial charge in [-0.05, 0) is 36.2 Å². The third-order valence-corrected chi connectivity index (χ3v) is 3.64. The monoisotopic (exact) mass is 291 g/mol. The van der Waals surface area contributed by atoms with E-state index in [1.807, 2.05) is 17.7 Å². The summed E-state index contributed by atoms with van der Waals surface area (Å²) >= 11 is 5.10. The zero-order valence-corrected chi connectivity index (χ0v) is 13.5. The first-order valence-electron chi connectivity index (χ1n) is 6.63. The fourth-order valence-electron chi connectivity index (χ4n) is 2.01. The highest BCUT2D eigenvalue weighted by molar-refractivity contribution is 7.71. The van der Waals surface area contributed by atoms with Crippen LogP contribution in [0.25, 0.3) is 0 Å². The molecule has 2 rings (SSSR count). The Morgan fingerprint density at radius 2 is 2.05 bits per heavy atom. The Morgan fingerprint density at radius 3 is 2.60 bits per heavy atom. The maximum atomic E-state index is 5.95. The predicted octanol–water partition coefficient (Wildman–Crippen LogP) is 3.66. The van der Waals surface area contributed by atoms with Crippen LogP contribution >= 0.6 is 12.2 Å². The molecule has 1 aromatic carbocycles. The minimum absolute atomic E-state index is 0.0400. The molecule has 0 aliphatic carbocycles. The van der Waals surface area contributed by atoms with E-state index in [1.165, 1.54) is 11.1 Å². The van der Waals surface area contributed by atoms with Gasteiger partial charge in [-0.15, -0.1) is 0 Å². The lowest BCUT2D eigenvalue weighted by Crippen LogP contribution is -2.14. The third kappa shape index (κ3) is 3.10. The van der Waals surface area contributed by atoms with Gasteiger partial charge < -0.3 is 9.30 Å². The van der Waals surface area contributed by atoms with Crippen molar-refractivity contribution in [2.75, 3.05) is 0 Å². The predicted molar refractivity (Wildman–Crippen MR) is 82.6 cm³/mol. The Hall–Kier alpha value is -1.62. The number of benzene rings is 1. The summed E-state index contributed by atoms with van der Waals surface area (Å²) in [4.78, 5) is 0. The first-order chi connectivity index (χ1) is 9.29. The molecule has 0 aliphatic heterocycles. The summed E-state index contributed by atoms with van der Waals surface area (Å²) in [7, 11) is 1.88. The van der Waals surface area contributed by atoms with Crippen molar-refractivity contribution in [2.24, 2.45) is 7.05 Å². The maximum Gasteiger partial charge on any atom is 0.194 e. The minimum Gasteiger partial charge on any atom is -0.485 e. The lowest BCUT2D eigenvalue weighted by molar-refractivity contribution is 0.283. The van der Waals surface area contributed by atoms with E-state index in [0.717, 1.165) is 11.6 Å². The molecule has 0 bridgehead atoms. The molecule has 5 heteroatoms. The largest absolute Gasteiger partial charge is 0.485 e. The number of aryl methyl sites for hydroxylation is 1. The minimum atomic E-state index is 0.0400. The maximum absolute atomic E-state index is 5.95. The number of aromatic nitrogens is 3. The van der Waals surface area contributed by atoms with Crippen LogP contribution in [-0.2, 0) is 19.1 Å². The van der Waals surface area contributed by atoms with Crippen molar-refractivity contribution in [3.8, 4) is 5.75 Å². The topological polar surface area (TPSA) is 42.8 Å². The van der Waals surface area contributed by atoms with Crippen molar-refractivity contribution in [2.45, 2.75) is 39.7 Å². The summed E-state index contributed by atoms with van der Waals surface area (Å²) < 4.78 is 8.37.